The second-order valence-corrected chi connectivity index (χ2v) is 7.67. The molecule has 1 aromatic heterocycles. The van der Waals surface area contributed by atoms with Gasteiger partial charge < -0.3 is 19.0 Å². The molecule has 4 heterocycles. The molecule has 0 N–H and O–H groups in total. The third-order valence-corrected chi connectivity index (χ3v) is 6.33. The molecule has 3 aliphatic heterocycles. The second kappa shape index (κ2) is 5.42. The minimum absolute atomic E-state index is 0.0154. The minimum Gasteiger partial charge on any atom is -0.465 e. The number of fused-ring (bicyclic) bond motifs is 1. The highest BCUT2D eigenvalue weighted by molar-refractivity contribution is 6.10. The molecule has 138 valence electrons. The molecular weight excluding hydrogens is 336 g/mol. The van der Waals surface area contributed by atoms with E-state index in [-0.39, 0.29) is 23.6 Å². The van der Waals surface area contributed by atoms with Crippen LogP contribution in [0.1, 0.15) is 64.3 Å². The van der Waals surface area contributed by atoms with Crippen molar-refractivity contribution < 1.29 is 23.5 Å². The smallest absolute Gasteiger partial charge is 0.258 e. The van der Waals surface area contributed by atoms with Crippen LogP contribution in [0.4, 0.5) is 0 Å². The van der Waals surface area contributed by atoms with Gasteiger partial charge in [-0.2, -0.15) is 0 Å². The number of aryl methyl sites for hydroxylation is 2. The van der Waals surface area contributed by atoms with Crippen LogP contribution < -0.4 is 0 Å². The van der Waals surface area contributed by atoms with Crippen LogP contribution in [0.25, 0.3) is 0 Å². The molecule has 2 atom stereocenters. The van der Waals surface area contributed by atoms with Gasteiger partial charge in [0.15, 0.2) is 11.5 Å². The molecule has 2 amide bonds. The Labute approximate surface area is 151 Å². The van der Waals surface area contributed by atoms with E-state index in [1.165, 1.54) is 0 Å². The van der Waals surface area contributed by atoms with Gasteiger partial charge in [-0.25, -0.2) is 0 Å². The zero-order chi connectivity index (χ0) is 18.1. The Balaban J connectivity index is 1.52. The summed E-state index contributed by atoms with van der Waals surface area (Å²) in [7, 11) is 0. The number of amides is 2. The number of rotatable bonds is 1. The predicted molar refractivity (Wildman–Crippen MR) is 89.8 cm³/mol. The fraction of sp³-hybridized carbons (Fsp3) is 0.632. The standard InChI is InChI=1S/C19H22N2O5/c1-11-16(17-12(22)4-2-5-13(17)26-11)18(24)20-8-6-19-14(20)10-15(23)21(19)7-3-9-25-19/h14H,2-10H2,1H3/t14-,19+/m1/s1. The maximum absolute atomic E-state index is 13.4. The Morgan fingerprint density at radius 3 is 2.88 bits per heavy atom. The average molecular weight is 358 g/mol. The quantitative estimate of drug-likeness (QED) is 0.763. The molecule has 0 unspecified atom stereocenters. The van der Waals surface area contributed by atoms with E-state index < -0.39 is 5.72 Å². The Morgan fingerprint density at radius 1 is 1.19 bits per heavy atom. The van der Waals surface area contributed by atoms with E-state index in [1.54, 1.807) is 11.8 Å². The molecule has 0 bridgehead atoms. The van der Waals surface area contributed by atoms with E-state index in [1.807, 2.05) is 4.90 Å². The van der Waals surface area contributed by atoms with E-state index in [9.17, 15) is 14.4 Å². The highest BCUT2D eigenvalue weighted by Gasteiger charge is 2.62. The first kappa shape index (κ1) is 16.1. The number of nitrogens with zero attached hydrogens (tertiary/aromatic N) is 2. The number of ketones is 1. The normalized spacial score (nSPS) is 30.4. The summed E-state index contributed by atoms with van der Waals surface area (Å²) in [5, 5.41) is 0. The SMILES string of the molecule is Cc1oc2c(c1C(=O)N1CC[C@@]34OCCCN3C(=O)C[C@@H]14)C(=O)CCC2. The fourth-order valence-corrected chi connectivity index (χ4v) is 5.20. The molecule has 1 spiro atoms. The van der Waals surface area contributed by atoms with E-state index in [4.69, 9.17) is 9.15 Å². The van der Waals surface area contributed by atoms with Gasteiger partial charge in [-0.05, 0) is 19.8 Å². The van der Waals surface area contributed by atoms with Gasteiger partial charge in [-0.3, -0.25) is 14.4 Å². The van der Waals surface area contributed by atoms with Crippen LogP contribution in [0, 0.1) is 6.92 Å². The van der Waals surface area contributed by atoms with Gasteiger partial charge >= 0.3 is 0 Å². The van der Waals surface area contributed by atoms with Crippen molar-refractivity contribution in [1.29, 1.82) is 0 Å². The molecule has 1 aliphatic carbocycles. The van der Waals surface area contributed by atoms with Crippen molar-refractivity contribution in [2.24, 2.45) is 0 Å². The van der Waals surface area contributed by atoms with Crippen molar-refractivity contribution in [2.75, 3.05) is 19.7 Å². The Bertz CT molecular complexity index is 828. The van der Waals surface area contributed by atoms with Crippen molar-refractivity contribution >= 4 is 17.6 Å². The molecule has 0 saturated carbocycles. The molecule has 1 aromatic rings. The highest BCUT2D eigenvalue weighted by Crippen LogP contribution is 2.46. The summed E-state index contributed by atoms with van der Waals surface area (Å²) < 4.78 is 11.8. The van der Waals surface area contributed by atoms with Gasteiger partial charge in [0.25, 0.3) is 5.91 Å². The number of ether oxygens (including phenoxy) is 1. The van der Waals surface area contributed by atoms with Crippen LogP contribution in [0.15, 0.2) is 4.42 Å². The molecule has 0 radical (unpaired) electrons. The predicted octanol–water partition coefficient (Wildman–Crippen LogP) is 1.67. The third kappa shape index (κ3) is 1.95. The number of hydrogen-bond donors (Lipinski definition) is 0. The average Bonchev–Trinajstić information content (AvgIpc) is 3.22. The third-order valence-electron chi connectivity index (χ3n) is 6.33. The fourth-order valence-electron chi connectivity index (χ4n) is 5.20. The number of Topliss-reactive ketones (excluding diaryl/α,β-unsaturated/α-hetero) is 1. The van der Waals surface area contributed by atoms with Crippen molar-refractivity contribution in [3.63, 3.8) is 0 Å². The van der Waals surface area contributed by atoms with Crippen molar-refractivity contribution in [3.05, 3.63) is 22.6 Å². The topological polar surface area (TPSA) is 80.1 Å². The lowest BCUT2D eigenvalue weighted by molar-refractivity contribution is -0.179. The first-order chi connectivity index (χ1) is 12.5. The highest BCUT2D eigenvalue weighted by atomic mass is 16.5. The van der Waals surface area contributed by atoms with Crippen molar-refractivity contribution in [1.82, 2.24) is 9.80 Å². The van der Waals surface area contributed by atoms with E-state index in [0.717, 1.165) is 12.8 Å². The Morgan fingerprint density at radius 2 is 2.04 bits per heavy atom. The van der Waals surface area contributed by atoms with Gasteiger partial charge in [0, 0.05) is 32.4 Å². The zero-order valence-corrected chi connectivity index (χ0v) is 14.9. The summed E-state index contributed by atoms with van der Waals surface area (Å²) in [4.78, 5) is 41.8. The summed E-state index contributed by atoms with van der Waals surface area (Å²) >= 11 is 0. The second-order valence-electron chi connectivity index (χ2n) is 7.67. The Hall–Kier alpha value is -2.15. The molecule has 26 heavy (non-hydrogen) atoms. The largest absolute Gasteiger partial charge is 0.465 e. The summed E-state index contributed by atoms with van der Waals surface area (Å²) in [6.07, 6.45) is 3.66. The molecule has 0 aromatic carbocycles. The van der Waals surface area contributed by atoms with Crippen LogP contribution in [-0.4, -0.2) is 58.9 Å². The lowest BCUT2D eigenvalue weighted by Gasteiger charge is -2.42. The maximum Gasteiger partial charge on any atom is 0.258 e. The van der Waals surface area contributed by atoms with Crippen LogP contribution in [-0.2, 0) is 16.0 Å². The van der Waals surface area contributed by atoms with Crippen LogP contribution in [0.3, 0.4) is 0 Å². The summed E-state index contributed by atoms with van der Waals surface area (Å²) in [6, 6.07) is -0.286. The lowest BCUT2D eigenvalue weighted by atomic mass is 9.92. The maximum atomic E-state index is 13.4. The van der Waals surface area contributed by atoms with Crippen LogP contribution >= 0.6 is 0 Å². The molecule has 7 nitrogen and oxygen atoms in total. The van der Waals surface area contributed by atoms with Gasteiger partial charge in [-0.1, -0.05) is 0 Å². The van der Waals surface area contributed by atoms with Gasteiger partial charge in [-0.15, -0.1) is 0 Å². The van der Waals surface area contributed by atoms with E-state index >= 15 is 0 Å². The molecule has 4 aliphatic rings. The zero-order valence-electron chi connectivity index (χ0n) is 14.9. The first-order valence-electron chi connectivity index (χ1n) is 9.44. The monoisotopic (exact) mass is 358 g/mol. The molecular formula is C19H22N2O5. The lowest BCUT2D eigenvalue weighted by Crippen LogP contribution is -2.56. The van der Waals surface area contributed by atoms with Gasteiger partial charge in [0.05, 0.1) is 30.2 Å². The summed E-state index contributed by atoms with van der Waals surface area (Å²) in [5.41, 5.74) is 0.182. The number of carbonyl (C=O) groups is 3. The van der Waals surface area contributed by atoms with Crippen LogP contribution in [0.2, 0.25) is 0 Å². The van der Waals surface area contributed by atoms with Gasteiger partial charge in [0.1, 0.15) is 11.5 Å². The van der Waals surface area contributed by atoms with Crippen molar-refractivity contribution in [2.45, 2.75) is 57.2 Å². The van der Waals surface area contributed by atoms with Crippen LogP contribution in [0.5, 0.6) is 0 Å². The number of carbonyl (C=O) groups excluding carboxylic acids is 3. The number of furan rings is 1. The van der Waals surface area contributed by atoms with Gasteiger partial charge in [0.2, 0.25) is 5.91 Å². The molecule has 3 saturated heterocycles. The van der Waals surface area contributed by atoms with E-state index in [2.05, 4.69) is 0 Å². The minimum atomic E-state index is -0.674. The summed E-state index contributed by atoms with van der Waals surface area (Å²) in [5.74, 6) is 0.970. The number of hydrogen-bond acceptors (Lipinski definition) is 5. The Kier molecular flexibility index (Phi) is 3.35. The van der Waals surface area contributed by atoms with E-state index in [0.29, 0.717) is 68.0 Å². The molecule has 3 fully saturated rings. The molecule has 5 rings (SSSR count). The first-order valence-corrected chi connectivity index (χ1v) is 9.44. The van der Waals surface area contributed by atoms with Crippen molar-refractivity contribution in [3.8, 4) is 0 Å². The summed E-state index contributed by atoms with van der Waals surface area (Å²) in [6.45, 7) is 3.58. The number of likely N-dealkylation sites (tertiary alicyclic amines) is 1. The molecule has 7 heteroatoms.